The Morgan fingerprint density at radius 1 is 1.26 bits per heavy atom. The summed E-state index contributed by atoms with van der Waals surface area (Å²) in [5.41, 5.74) is -0.0399. The fourth-order valence-corrected chi connectivity index (χ4v) is 2.61. The topological polar surface area (TPSA) is 75.3 Å². The molecule has 0 amide bonds. The van der Waals surface area contributed by atoms with Crippen molar-refractivity contribution >= 4 is 17.3 Å². The number of nitrogens with zero attached hydrogens (tertiary/aromatic N) is 3. The minimum Gasteiger partial charge on any atom is -0.443 e. The SMILES string of the molecule is CCNC(=NCc1ncc(C(C)(C)C)o1)NCc1cnc(C)s1. The Kier molecular flexibility index (Phi) is 5.76. The summed E-state index contributed by atoms with van der Waals surface area (Å²) in [4.78, 5) is 14.3. The largest absolute Gasteiger partial charge is 0.443 e. The molecule has 6 nitrogen and oxygen atoms in total. The molecule has 0 fully saturated rings. The Hall–Kier alpha value is -1.89. The third kappa shape index (κ3) is 5.35. The Balaban J connectivity index is 1.96. The smallest absolute Gasteiger partial charge is 0.216 e. The quantitative estimate of drug-likeness (QED) is 0.649. The Bertz CT molecular complexity index is 653. The average molecular weight is 335 g/mol. The molecule has 0 atom stereocenters. The third-order valence-electron chi connectivity index (χ3n) is 3.11. The van der Waals surface area contributed by atoms with Crippen LogP contribution in [-0.4, -0.2) is 22.5 Å². The molecule has 7 heteroatoms. The zero-order valence-corrected chi connectivity index (χ0v) is 15.3. The Morgan fingerprint density at radius 3 is 2.61 bits per heavy atom. The predicted molar refractivity (Wildman–Crippen MR) is 93.7 cm³/mol. The first kappa shape index (κ1) is 17.5. The maximum Gasteiger partial charge on any atom is 0.216 e. The summed E-state index contributed by atoms with van der Waals surface area (Å²) < 4.78 is 5.76. The first-order chi connectivity index (χ1) is 10.9. The van der Waals surface area contributed by atoms with Crippen molar-refractivity contribution in [1.29, 1.82) is 0 Å². The maximum absolute atomic E-state index is 5.76. The summed E-state index contributed by atoms with van der Waals surface area (Å²) in [5.74, 6) is 2.25. The van der Waals surface area contributed by atoms with Crippen molar-refractivity contribution in [2.24, 2.45) is 4.99 Å². The molecule has 2 rings (SSSR count). The summed E-state index contributed by atoms with van der Waals surface area (Å²) in [7, 11) is 0. The molecule has 0 unspecified atom stereocenters. The molecular weight excluding hydrogens is 310 g/mol. The number of hydrogen-bond donors (Lipinski definition) is 2. The van der Waals surface area contributed by atoms with Gasteiger partial charge in [0.2, 0.25) is 5.89 Å². The van der Waals surface area contributed by atoms with Crippen LogP contribution >= 0.6 is 11.3 Å². The molecule has 0 radical (unpaired) electrons. The van der Waals surface area contributed by atoms with E-state index in [0.29, 0.717) is 19.0 Å². The van der Waals surface area contributed by atoms with E-state index in [2.05, 4.69) is 46.4 Å². The van der Waals surface area contributed by atoms with Gasteiger partial charge in [0.25, 0.3) is 0 Å². The number of nitrogens with one attached hydrogen (secondary N) is 2. The number of rotatable bonds is 5. The van der Waals surface area contributed by atoms with Crippen LogP contribution in [0.3, 0.4) is 0 Å². The fraction of sp³-hybridized carbons (Fsp3) is 0.562. The number of aryl methyl sites for hydroxylation is 1. The van der Waals surface area contributed by atoms with Gasteiger partial charge in [-0.25, -0.2) is 15.0 Å². The number of thiazole rings is 1. The normalized spacial score (nSPS) is 12.5. The number of guanidine groups is 1. The van der Waals surface area contributed by atoms with E-state index < -0.39 is 0 Å². The standard InChI is InChI=1S/C16H25N5OS/c1-6-17-15(20-8-12-7-18-11(2)23-12)21-10-14-19-9-13(22-14)16(3,4)5/h7,9H,6,8,10H2,1-5H3,(H2,17,20,21). The van der Waals surface area contributed by atoms with Crippen LogP contribution < -0.4 is 10.6 Å². The highest BCUT2D eigenvalue weighted by molar-refractivity contribution is 7.11. The molecule has 126 valence electrons. The van der Waals surface area contributed by atoms with Crippen molar-refractivity contribution < 1.29 is 4.42 Å². The lowest BCUT2D eigenvalue weighted by molar-refractivity contribution is 0.383. The summed E-state index contributed by atoms with van der Waals surface area (Å²) in [6, 6.07) is 0. The Morgan fingerprint density at radius 2 is 2.04 bits per heavy atom. The van der Waals surface area contributed by atoms with Gasteiger partial charge in [-0.3, -0.25) is 0 Å². The molecule has 0 saturated carbocycles. The summed E-state index contributed by atoms with van der Waals surface area (Å²) in [6.07, 6.45) is 3.67. The van der Waals surface area contributed by atoms with Crippen LogP contribution in [0, 0.1) is 6.92 Å². The van der Waals surface area contributed by atoms with E-state index in [4.69, 9.17) is 4.42 Å². The van der Waals surface area contributed by atoms with E-state index in [1.54, 1.807) is 17.5 Å². The molecule has 2 N–H and O–H groups in total. The second kappa shape index (κ2) is 7.59. The van der Waals surface area contributed by atoms with Gasteiger partial charge in [-0.2, -0.15) is 0 Å². The van der Waals surface area contributed by atoms with Gasteiger partial charge < -0.3 is 15.1 Å². The van der Waals surface area contributed by atoms with Gasteiger partial charge in [0, 0.05) is 23.0 Å². The minimum absolute atomic E-state index is 0.0399. The van der Waals surface area contributed by atoms with Crippen molar-refractivity contribution in [3.63, 3.8) is 0 Å². The van der Waals surface area contributed by atoms with Gasteiger partial charge in [-0.1, -0.05) is 20.8 Å². The average Bonchev–Trinajstić information content (AvgIpc) is 3.10. The molecule has 0 aliphatic heterocycles. The number of hydrogen-bond acceptors (Lipinski definition) is 5. The van der Waals surface area contributed by atoms with Gasteiger partial charge >= 0.3 is 0 Å². The Labute approximate surface area is 141 Å². The van der Waals surface area contributed by atoms with Crippen molar-refractivity contribution in [2.45, 2.75) is 53.1 Å². The molecular formula is C16H25N5OS. The van der Waals surface area contributed by atoms with E-state index in [-0.39, 0.29) is 5.41 Å². The van der Waals surface area contributed by atoms with Crippen molar-refractivity contribution in [2.75, 3.05) is 6.54 Å². The van der Waals surface area contributed by atoms with E-state index in [1.165, 1.54) is 4.88 Å². The number of aliphatic imine (C=N–C) groups is 1. The van der Waals surface area contributed by atoms with Crippen LogP contribution in [0.1, 0.15) is 49.2 Å². The predicted octanol–water partition coefficient (Wildman–Crippen LogP) is 2.99. The highest BCUT2D eigenvalue weighted by Crippen LogP contribution is 2.22. The van der Waals surface area contributed by atoms with Crippen molar-refractivity contribution in [1.82, 2.24) is 20.6 Å². The first-order valence-electron chi connectivity index (χ1n) is 7.77. The molecule has 0 aliphatic rings. The minimum atomic E-state index is -0.0399. The van der Waals surface area contributed by atoms with E-state index in [9.17, 15) is 0 Å². The lowest BCUT2D eigenvalue weighted by Crippen LogP contribution is -2.36. The van der Waals surface area contributed by atoms with Gasteiger partial charge in [0.15, 0.2) is 5.96 Å². The summed E-state index contributed by atoms with van der Waals surface area (Å²) in [5, 5.41) is 7.59. The monoisotopic (exact) mass is 335 g/mol. The zero-order valence-electron chi connectivity index (χ0n) is 14.4. The molecule has 2 aromatic rings. The molecule has 0 spiro atoms. The second-order valence-corrected chi connectivity index (χ2v) is 7.58. The van der Waals surface area contributed by atoms with Gasteiger partial charge in [-0.15, -0.1) is 11.3 Å². The van der Waals surface area contributed by atoms with Gasteiger partial charge in [0.1, 0.15) is 12.3 Å². The third-order valence-corrected chi connectivity index (χ3v) is 4.02. The van der Waals surface area contributed by atoms with E-state index in [1.807, 2.05) is 20.0 Å². The zero-order chi connectivity index (χ0) is 16.9. The molecule has 2 aromatic heterocycles. The van der Waals surface area contributed by atoms with Crippen LogP contribution in [0.2, 0.25) is 0 Å². The van der Waals surface area contributed by atoms with E-state index in [0.717, 1.165) is 23.3 Å². The summed E-state index contributed by atoms with van der Waals surface area (Å²) in [6.45, 7) is 12.3. The van der Waals surface area contributed by atoms with Crippen molar-refractivity contribution in [3.8, 4) is 0 Å². The van der Waals surface area contributed by atoms with Crippen LogP contribution in [0.5, 0.6) is 0 Å². The number of oxazole rings is 1. The molecule has 0 aliphatic carbocycles. The summed E-state index contributed by atoms with van der Waals surface area (Å²) >= 11 is 1.68. The van der Waals surface area contributed by atoms with Crippen LogP contribution in [0.25, 0.3) is 0 Å². The molecule has 2 heterocycles. The van der Waals surface area contributed by atoms with E-state index >= 15 is 0 Å². The van der Waals surface area contributed by atoms with Gasteiger partial charge in [-0.05, 0) is 13.8 Å². The molecule has 0 bridgehead atoms. The van der Waals surface area contributed by atoms with Crippen LogP contribution in [0.15, 0.2) is 21.8 Å². The fourth-order valence-electron chi connectivity index (χ4n) is 1.88. The molecule has 23 heavy (non-hydrogen) atoms. The van der Waals surface area contributed by atoms with Crippen LogP contribution in [0.4, 0.5) is 0 Å². The second-order valence-electron chi connectivity index (χ2n) is 6.26. The molecule has 0 aromatic carbocycles. The van der Waals surface area contributed by atoms with Crippen molar-refractivity contribution in [3.05, 3.63) is 33.9 Å². The highest BCUT2D eigenvalue weighted by Gasteiger charge is 2.19. The van der Waals surface area contributed by atoms with Gasteiger partial charge in [0.05, 0.1) is 17.7 Å². The van der Waals surface area contributed by atoms with Crippen LogP contribution in [-0.2, 0) is 18.5 Å². The number of aromatic nitrogens is 2. The molecule has 0 saturated heterocycles. The highest BCUT2D eigenvalue weighted by atomic mass is 32.1. The maximum atomic E-state index is 5.76. The lowest BCUT2D eigenvalue weighted by Gasteiger charge is -2.13. The lowest BCUT2D eigenvalue weighted by atomic mass is 9.94. The first-order valence-corrected chi connectivity index (χ1v) is 8.59.